The molecule has 2 aromatic rings. The fraction of sp³-hybridized carbons (Fsp3) is 0.476. The second-order valence-electron chi connectivity index (χ2n) is 7.03. The molecule has 1 saturated heterocycles. The van der Waals surface area contributed by atoms with Gasteiger partial charge in [-0.1, -0.05) is 36.4 Å². The number of hydrogen-bond donors (Lipinski definition) is 2. The molecule has 1 aromatic heterocycles. The number of aliphatic imine (C=N–C) groups is 1. The van der Waals surface area contributed by atoms with Crippen LogP contribution in [-0.2, 0) is 6.54 Å². The fourth-order valence-electron chi connectivity index (χ4n) is 3.44. The molecule has 5 heteroatoms. The Hall–Kier alpha value is -1.85. The number of rotatable bonds is 6. The molecule has 0 saturated carbocycles. The molecule has 3 rings (SSSR count). The minimum Gasteiger partial charge on any atom is -0.356 e. The van der Waals surface area contributed by atoms with Crippen molar-refractivity contribution in [2.45, 2.75) is 32.4 Å². The van der Waals surface area contributed by atoms with Gasteiger partial charge in [0.25, 0.3) is 0 Å². The van der Waals surface area contributed by atoms with Gasteiger partial charge in [0.2, 0.25) is 0 Å². The van der Waals surface area contributed by atoms with Crippen LogP contribution in [0.3, 0.4) is 0 Å². The van der Waals surface area contributed by atoms with Crippen molar-refractivity contribution < 1.29 is 0 Å². The van der Waals surface area contributed by atoms with Crippen LogP contribution < -0.4 is 10.6 Å². The Balaban J connectivity index is 1.39. The van der Waals surface area contributed by atoms with Gasteiger partial charge in [-0.15, -0.1) is 11.3 Å². The van der Waals surface area contributed by atoms with E-state index in [4.69, 9.17) is 0 Å². The normalized spacial score (nSPS) is 17.8. The minimum absolute atomic E-state index is 0.245. The summed E-state index contributed by atoms with van der Waals surface area (Å²) in [5.41, 5.74) is 1.28. The van der Waals surface area contributed by atoms with Crippen LogP contribution in [0.15, 0.2) is 52.8 Å². The van der Waals surface area contributed by atoms with Crippen LogP contribution in [0.2, 0.25) is 0 Å². The number of thiophene rings is 1. The van der Waals surface area contributed by atoms with Gasteiger partial charge in [0, 0.05) is 25.0 Å². The highest BCUT2D eigenvalue weighted by Gasteiger charge is 2.20. The summed E-state index contributed by atoms with van der Waals surface area (Å²) in [5, 5.41) is 9.18. The van der Waals surface area contributed by atoms with Gasteiger partial charge in [-0.3, -0.25) is 9.89 Å². The lowest BCUT2D eigenvalue weighted by Crippen LogP contribution is -2.43. The van der Waals surface area contributed by atoms with Crippen molar-refractivity contribution in [1.29, 1.82) is 0 Å². The number of hydrogen-bond acceptors (Lipinski definition) is 3. The molecule has 0 spiro atoms. The smallest absolute Gasteiger partial charge is 0.191 e. The first-order valence-electron chi connectivity index (χ1n) is 9.51. The van der Waals surface area contributed by atoms with E-state index in [0.29, 0.717) is 0 Å². The number of benzene rings is 1. The number of piperidine rings is 1. The van der Waals surface area contributed by atoms with Crippen LogP contribution in [-0.4, -0.2) is 37.5 Å². The molecule has 1 unspecified atom stereocenters. The molecule has 1 aliphatic rings. The van der Waals surface area contributed by atoms with E-state index in [0.717, 1.165) is 25.0 Å². The number of nitrogens with zero attached hydrogens (tertiary/aromatic N) is 2. The van der Waals surface area contributed by atoms with E-state index in [-0.39, 0.29) is 6.04 Å². The highest BCUT2D eigenvalue weighted by Crippen LogP contribution is 2.20. The van der Waals surface area contributed by atoms with Crippen molar-refractivity contribution in [3.63, 3.8) is 0 Å². The van der Waals surface area contributed by atoms with Gasteiger partial charge in [-0.2, -0.15) is 0 Å². The molecule has 2 N–H and O–H groups in total. The number of nitrogens with one attached hydrogen (secondary N) is 2. The average molecular weight is 371 g/mol. The van der Waals surface area contributed by atoms with E-state index in [9.17, 15) is 0 Å². The highest BCUT2D eigenvalue weighted by molar-refractivity contribution is 7.09. The van der Waals surface area contributed by atoms with Gasteiger partial charge in [0.05, 0.1) is 6.04 Å². The monoisotopic (exact) mass is 370 g/mol. The molecule has 2 heterocycles. The minimum atomic E-state index is 0.245. The summed E-state index contributed by atoms with van der Waals surface area (Å²) in [6.07, 6.45) is 2.51. The summed E-state index contributed by atoms with van der Waals surface area (Å²) in [6.45, 7) is 6.66. The molecule has 1 aliphatic heterocycles. The predicted octanol–water partition coefficient (Wildman–Crippen LogP) is 3.89. The second kappa shape index (κ2) is 9.74. The maximum absolute atomic E-state index is 4.39. The largest absolute Gasteiger partial charge is 0.356 e. The zero-order valence-electron chi connectivity index (χ0n) is 15.8. The molecule has 1 aromatic carbocycles. The quantitative estimate of drug-likeness (QED) is 0.599. The summed E-state index contributed by atoms with van der Waals surface area (Å²) >= 11 is 1.86. The van der Waals surface area contributed by atoms with Crippen LogP contribution in [0.1, 0.15) is 36.2 Å². The lowest BCUT2D eigenvalue weighted by Gasteiger charge is -2.32. The molecule has 0 aliphatic carbocycles. The molecular formula is C21H30N4S. The van der Waals surface area contributed by atoms with Crippen LogP contribution in [0, 0.1) is 5.92 Å². The van der Waals surface area contributed by atoms with Crippen molar-refractivity contribution in [3.8, 4) is 0 Å². The SMILES string of the molecule is CN=C(NCC1CCN(Cc2cccs2)CC1)NC(C)c1ccccc1. The summed E-state index contributed by atoms with van der Waals surface area (Å²) in [6, 6.07) is 15.1. The third-order valence-electron chi connectivity index (χ3n) is 5.10. The fourth-order valence-corrected chi connectivity index (χ4v) is 4.18. The highest BCUT2D eigenvalue weighted by atomic mass is 32.1. The Morgan fingerprint density at radius 1 is 1.19 bits per heavy atom. The third-order valence-corrected chi connectivity index (χ3v) is 5.96. The first-order chi connectivity index (χ1) is 12.7. The summed E-state index contributed by atoms with van der Waals surface area (Å²) in [7, 11) is 1.84. The van der Waals surface area contributed by atoms with E-state index in [2.05, 4.69) is 69.2 Å². The maximum atomic E-state index is 4.39. The van der Waals surface area contributed by atoms with Crippen molar-refractivity contribution in [1.82, 2.24) is 15.5 Å². The van der Waals surface area contributed by atoms with Crippen molar-refractivity contribution in [3.05, 3.63) is 58.3 Å². The van der Waals surface area contributed by atoms with E-state index >= 15 is 0 Å². The van der Waals surface area contributed by atoms with Crippen molar-refractivity contribution in [2.24, 2.45) is 10.9 Å². The topological polar surface area (TPSA) is 39.7 Å². The third kappa shape index (κ3) is 5.58. The molecule has 26 heavy (non-hydrogen) atoms. The van der Waals surface area contributed by atoms with Crippen LogP contribution in [0.4, 0.5) is 0 Å². The molecule has 0 bridgehead atoms. The Morgan fingerprint density at radius 3 is 2.62 bits per heavy atom. The van der Waals surface area contributed by atoms with Gasteiger partial charge < -0.3 is 10.6 Å². The standard InChI is InChI=1S/C21H30N4S/c1-17(19-7-4-3-5-8-19)24-21(22-2)23-15-18-10-12-25(13-11-18)16-20-9-6-14-26-20/h3-9,14,17-18H,10-13,15-16H2,1-2H3,(H2,22,23,24). The molecule has 1 fully saturated rings. The molecule has 1 atom stereocenters. The van der Waals surface area contributed by atoms with Crippen molar-refractivity contribution in [2.75, 3.05) is 26.7 Å². The van der Waals surface area contributed by atoms with Crippen LogP contribution in [0.5, 0.6) is 0 Å². The Kier molecular flexibility index (Phi) is 7.09. The molecule has 4 nitrogen and oxygen atoms in total. The molecule has 0 radical (unpaired) electrons. The molecule has 0 amide bonds. The average Bonchev–Trinajstić information content (AvgIpc) is 3.20. The lowest BCUT2D eigenvalue weighted by molar-refractivity contribution is 0.179. The van der Waals surface area contributed by atoms with E-state index < -0.39 is 0 Å². The van der Waals surface area contributed by atoms with Gasteiger partial charge in [0.1, 0.15) is 0 Å². The van der Waals surface area contributed by atoms with E-state index in [1.807, 2.05) is 24.5 Å². The lowest BCUT2D eigenvalue weighted by atomic mass is 9.97. The summed E-state index contributed by atoms with van der Waals surface area (Å²) in [5.74, 6) is 1.61. The Bertz CT molecular complexity index is 661. The number of likely N-dealkylation sites (tertiary alicyclic amines) is 1. The van der Waals surface area contributed by atoms with Gasteiger partial charge in [-0.25, -0.2) is 0 Å². The van der Waals surface area contributed by atoms with Gasteiger partial charge in [0.15, 0.2) is 5.96 Å². The Morgan fingerprint density at radius 2 is 1.96 bits per heavy atom. The maximum Gasteiger partial charge on any atom is 0.191 e. The summed E-state index contributed by atoms with van der Waals surface area (Å²) < 4.78 is 0. The van der Waals surface area contributed by atoms with Crippen molar-refractivity contribution >= 4 is 17.3 Å². The van der Waals surface area contributed by atoms with Crippen LogP contribution >= 0.6 is 11.3 Å². The Labute approximate surface area is 161 Å². The first-order valence-corrected chi connectivity index (χ1v) is 10.4. The predicted molar refractivity (Wildman–Crippen MR) is 112 cm³/mol. The van der Waals surface area contributed by atoms with Crippen LogP contribution in [0.25, 0.3) is 0 Å². The number of guanidine groups is 1. The van der Waals surface area contributed by atoms with Gasteiger partial charge in [-0.05, 0) is 55.8 Å². The molecule has 140 valence electrons. The van der Waals surface area contributed by atoms with E-state index in [1.54, 1.807) is 0 Å². The van der Waals surface area contributed by atoms with Gasteiger partial charge >= 0.3 is 0 Å². The summed E-state index contributed by atoms with van der Waals surface area (Å²) in [4.78, 5) is 8.44. The van der Waals surface area contributed by atoms with E-state index in [1.165, 1.54) is 36.4 Å². The zero-order chi connectivity index (χ0) is 18.2. The first kappa shape index (κ1) is 18.9. The second-order valence-corrected chi connectivity index (χ2v) is 8.06. The zero-order valence-corrected chi connectivity index (χ0v) is 16.6. The molecular weight excluding hydrogens is 340 g/mol.